The van der Waals surface area contributed by atoms with Crippen molar-refractivity contribution < 1.29 is 0 Å². The summed E-state index contributed by atoms with van der Waals surface area (Å²) in [5.74, 6) is 0. The summed E-state index contributed by atoms with van der Waals surface area (Å²) in [5.41, 5.74) is 2.83. The largest absolute Gasteiger partial charge is 0.291 e. The minimum atomic E-state index is 0.218. The molecule has 1 fully saturated rings. The van der Waals surface area contributed by atoms with E-state index in [1.807, 2.05) is 32.0 Å². The van der Waals surface area contributed by atoms with Gasteiger partial charge in [-0.1, -0.05) is 81.2 Å². The Morgan fingerprint density at radius 1 is 0.870 bits per heavy atom. The third-order valence-electron chi connectivity index (χ3n) is 3.94. The zero-order chi connectivity index (χ0) is 17.0. The van der Waals surface area contributed by atoms with Crippen molar-refractivity contribution in [1.29, 1.82) is 0 Å². The van der Waals surface area contributed by atoms with E-state index in [1.165, 1.54) is 5.56 Å². The molecular weight excluding hydrogens is 325 g/mol. The Labute approximate surface area is 150 Å². The van der Waals surface area contributed by atoms with Crippen molar-refractivity contribution >= 4 is 23.2 Å². The monoisotopic (exact) mass is 349 g/mol. The lowest BCUT2D eigenvalue weighted by Gasteiger charge is -2.50. The van der Waals surface area contributed by atoms with Crippen molar-refractivity contribution in [3.8, 4) is 0 Å². The number of nitrogens with zero attached hydrogens (tertiary/aromatic N) is 1. The number of rotatable bonds is 3. The van der Waals surface area contributed by atoms with Gasteiger partial charge < -0.3 is 0 Å². The molecule has 1 saturated heterocycles. The van der Waals surface area contributed by atoms with E-state index in [-0.39, 0.29) is 6.04 Å². The highest BCUT2D eigenvalue weighted by Crippen LogP contribution is 2.40. The molecule has 1 atom stereocenters. The van der Waals surface area contributed by atoms with Crippen LogP contribution in [0.3, 0.4) is 0 Å². The van der Waals surface area contributed by atoms with Gasteiger partial charge in [0.1, 0.15) is 0 Å². The van der Waals surface area contributed by atoms with Crippen molar-refractivity contribution in [2.45, 2.75) is 33.7 Å². The van der Waals surface area contributed by atoms with Crippen LogP contribution in [0.2, 0.25) is 10.0 Å². The van der Waals surface area contributed by atoms with Gasteiger partial charge in [0.25, 0.3) is 0 Å². The quantitative estimate of drug-likeness (QED) is 0.615. The van der Waals surface area contributed by atoms with E-state index in [4.69, 9.17) is 23.2 Å². The van der Waals surface area contributed by atoms with Crippen LogP contribution in [0, 0.1) is 5.41 Å². The van der Waals surface area contributed by atoms with Crippen LogP contribution < -0.4 is 0 Å². The molecule has 0 N–H and O–H groups in total. The Morgan fingerprint density at radius 2 is 1.39 bits per heavy atom. The van der Waals surface area contributed by atoms with E-state index in [2.05, 4.69) is 43.0 Å². The van der Waals surface area contributed by atoms with E-state index in [1.54, 1.807) is 6.07 Å². The van der Waals surface area contributed by atoms with Gasteiger partial charge in [-0.3, -0.25) is 4.90 Å². The van der Waals surface area contributed by atoms with E-state index in [9.17, 15) is 0 Å². The van der Waals surface area contributed by atoms with Crippen molar-refractivity contribution in [1.82, 2.24) is 4.90 Å². The number of likely N-dealkylation sites (tertiary alicyclic amines) is 1. The first-order valence-corrected chi connectivity index (χ1v) is 8.95. The fourth-order valence-electron chi connectivity index (χ4n) is 3.22. The molecule has 1 nitrogen and oxygen atoms in total. The van der Waals surface area contributed by atoms with Gasteiger partial charge in [-0.25, -0.2) is 0 Å². The predicted octanol–water partition coefficient (Wildman–Crippen LogP) is 6.45. The Morgan fingerprint density at radius 3 is 1.87 bits per heavy atom. The smallest absolute Gasteiger partial charge is 0.0603 e. The Bertz CT molecular complexity index is 609. The first-order chi connectivity index (χ1) is 10.9. The first kappa shape index (κ1) is 18.3. The SMILES string of the molecule is CC.CC1(C)CN(C(c2ccccc2)c2cc(Cl)cc(Cl)c2)C1. The zero-order valence-corrected chi connectivity index (χ0v) is 15.8. The van der Waals surface area contributed by atoms with Crippen molar-refractivity contribution in [3.05, 3.63) is 69.7 Å². The van der Waals surface area contributed by atoms with Gasteiger partial charge in [0.15, 0.2) is 0 Å². The second-order valence-corrected chi connectivity index (χ2v) is 7.46. The fourth-order valence-corrected chi connectivity index (χ4v) is 3.76. The van der Waals surface area contributed by atoms with E-state index < -0.39 is 0 Å². The molecule has 0 bridgehead atoms. The molecule has 3 heteroatoms. The van der Waals surface area contributed by atoms with Gasteiger partial charge >= 0.3 is 0 Å². The van der Waals surface area contributed by atoms with Gasteiger partial charge in [-0.2, -0.15) is 0 Å². The molecule has 23 heavy (non-hydrogen) atoms. The van der Waals surface area contributed by atoms with E-state index in [0.717, 1.165) is 18.7 Å². The maximum atomic E-state index is 6.20. The van der Waals surface area contributed by atoms with Gasteiger partial charge in [0.2, 0.25) is 0 Å². The second-order valence-electron chi connectivity index (χ2n) is 6.59. The Kier molecular flexibility index (Phi) is 6.13. The Balaban J connectivity index is 0.000000924. The lowest BCUT2D eigenvalue weighted by Crippen LogP contribution is -2.54. The fraction of sp³-hybridized carbons (Fsp3) is 0.400. The minimum Gasteiger partial charge on any atom is -0.291 e. The summed E-state index contributed by atoms with van der Waals surface area (Å²) < 4.78 is 0. The summed E-state index contributed by atoms with van der Waals surface area (Å²) in [6.45, 7) is 10.8. The summed E-state index contributed by atoms with van der Waals surface area (Å²) in [7, 11) is 0. The van der Waals surface area contributed by atoms with Crippen LogP contribution in [-0.2, 0) is 0 Å². The summed E-state index contributed by atoms with van der Waals surface area (Å²) in [6.07, 6.45) is 0. The lowest BCUT2D eigenvalue weighted by atomic mass is 9.81. The predicted molar refractivity (Wildman–Crippen MR) is 101 cm³/mol. The third-order valence-corrected chi connectivity index (χ3v) is 4.38. The number of halogens is 2. The normalized spacial score (nSPS) is 17.7. The van der Waals surface area contributed by atoms with Gasteiger partial charge in [0, 0.05) is 23.1 Å². The summed E-state index contributed by atoms with van der Waals surface area (Å²) in [6, 6.07) is 16.6. The minimum absolute atomic E-state index is 0.218. The highest BCUT2D eigenvalue weighted by molar-refractivity contribution is 6.34. The molecule has 1 unspecified atom stereocenters. The molecule has 2 aromatic rings. The molecule has 2 aromatic carbocycles. The number of hydrogen-bond donors (Lipinski definition) is 0. The first-order valence-electron chi connectivity index (χ1n) is 8.20. The average Bonchev–Trinajstić information content (AvgIpc) is 2.48. The van der Waals surface area contributed by atoms with Crippen LogP contribution in [-0.4, -0.2) is 18.0 Å². The standard InChI is InChI=1S/C18H19Cl2N.C2H6/c1-18(2)11-21(12-18)17(13-6-4-3-5-7-13)14-8-15(19)10-16(20)9-14;1-2/h3-10,17H,11-12H2,1-2H3;1-2H3. The van der Waals surface area contributed by atoms with Crippen molar-refractivity contribution in [3.63, 3.8) is 0 Å². The van der Waals surface area contributed by atoms with E-state index in [0.29, 0.717) is 15.5 Å². The molecule has 1 aliphatic heterocycles. The van der Waals surface area contributed by atoms with Gasteiger partial charge in [-0.05, 0) is 34.7 Å². The lowest BCUT2D eigenvalue weighted by molar-refractivity contribution is 0.00592. The maximum Gasteiger partial charge on any atom is 0.0603 e. The van der Waals surface area contributed by atoms with Crippen molar-refractivity contribution in [2.75, 3.05) is 13.1 Å². The molecule has 0 saturated carbocycles. The molecule has 0 spiro atoms. The number of hydrogen-bond acceptors (Lipinski definition) is 1. The summed E-state index contributed by atoms with van der Waals surface area (Å²) in [5, 5.41) is 1.39. The third kappa shape index (κ3) is 4.50. The molecule has 3 rings (SSSR count). The van der Waals surface area contributed by atoms with Crippen LogP contribution in [0.15, 0.2) is 48.5 Å². The van der Waals surface area contributed by atoms with E-state index >= 15 is 0 Å². The van der Waals surface area contributed by atoms with Crippen LogP contribution in [0.5, 0.6) is 0 Å². The van der Waals surface area contributed by atoms with Crippen LogP contribution >= 0.6 is 23.2 Å². The topological polar surface area (TPSA) is 3.24 Å². The zero-order valence-electron chi connectivity index (χ0n) is 14.3. The van der Waals surface area contributed by atoms with Gasteiger partial charge in [-0.15, -0.1) is 0 Å². The number of benzene rings is 2. The summed E-state index contributed by atoms with van der Waals surface area (Å²) in [4.78, 5) is 2.48. The average molecular weight is 350 g/mol. The van der Waals surface area contributed by atoms with Crippen molar-refractivity contribution in [2.24, 2.45) is 5.41 Å². The molecule has 1 aliphatic rings. The highest BCUT2D eigenvalue weighted by atomic mass is 35.5. The molecule has 0 aromatic heterocycles. The van der Waals surface area contributed by atoms with Crippen LogP contribution in [0.25, 0.3) is 0 Å². The Hall–Kier alpha value is -1.02. The molecule has 0 radical (unpaired) electrons. The molecular formula is C20H25Cl2N. The molecule has 0 aliphatic carbocycles. The highest BCUT2D eigenvalue weighted by Gasteiger charge is 2.39. The second kappa shape index (κ2) is 7.70. The van der Waals surface area contributed by atoms with Crippen LogP contribution in [0.4, 0.5) is 0 Å². The molecule has 124 valence electrons. The molecule has 1 heterocycles. The maximum absolute atomic E-state index is 6.20. The summed E-state index contributed by atoms with van der Waals surface area (Å²) >= 11 is 12.4. The molecule has 0 amide bonds. The van der Waals surface area contributed by atoms with Gasteiger partial charge in [0.05, 0.1) is 6.04 Å². The van der Waals surface area contributed by atoms with Crippen LogP contribution in [0.1, 0.15) is 44.9 Å².